The topological polar surface area (TPSA) is 78.2 Å². The Morgan fingerprint density at radius 3 is 2.37 bits per heavy atom. The SMILES string of the molecule is COc1ccc(N2C(=O)c3oc4ccc(C)cc4c(=O)c3C2c2ccc(OCC(C)C)c(OC)c2)cc1Cl. The molecule has 1 unspecified atom stereocenters. The minimum absolute atomic E-state index is 0.00222. The van der Waals surface area contributed by atoms with E-state index in [9.17, 15) is 9.59 Å². The number of rotatable bonds is 7. The highest BCUT2D eigenvalue weighted by molar-refractivity contribution is 6.32. The first kappa shape index (κ1) is 25.7. The fraction of sp³-hybridized carbons (Fsp3) is 0.267. The number of anilines is 1. The highest BCUT2D eigenvalue weighted by Gasteiger charge is 2.44. The molecule has 0 saturated heterocycles. The van der Waals surface area contributed by atoms with Gasteiger partial charge in [-0.3, -0.25) is 14.5 Å². The van der Waals surface area contributed by atoms with Gasteiger partial charge in [0.15, 0.2) is 16.9 Å². The Bertz CT molecular complexity index is 1610. The minimum Gasteiger partial charge on any atom is -0.495 e. The smallest absolute Gasteiger partial charge is 0.295 e. The summed E-state index contributed by atoms with van der Waals surface area (Å²) in [6, 6.07) is 15.0. The molecule has 196 valence electrons. The molecule has 1 aliphatic heterocycles. The summed E-state index contributed by atoms with van der Waals surface area (Å²) in [6.45, 7) is 6.54. The van der Waals surface area contributed by atoms with Crippen LogP contribution in [0, 0.1) is 12.8 Å². The van der Waals surface area contributed by atoms with Crippen molar-refractivity contribution in [2.75, 3.05) is 25.7 Å². The van der Waals surface area contributed by atoms with Crippen molar-refractivity contribution in [3.63, 3.8) is 0 Å². The van der Waals surface area contributed by atoms with E-state index in [2.05, 4.69) is 13.8 Å². The van der Waals surface area contributed by atoms with E-state index in [0.29, 0.717) is 57.0 Å². The standard InChI is InChI=1S/C30H28ClNO6/c1-16(2)15-37-24-10-7-18(13-25(24)36-5)27-26-28(33)20-12-17(3)6-9-22(20)38-29(26)30(34)32(27)19-8-11-23(35-4)21(31)14-19/h6-14,16,27H,15H2,1-5H3. The number of methoxy groups -OCH3 is 2. The lowest BCUT2D eigenvalue weighted by Crippen LogP contribution is -2.29. The molecular weight excluding hydrogens is 506 g/mol. The number of ether oxygens (including phenoxy) is 3. The number of aryl methyl sites for hydroxylation is 1. The second-order valence-corrected chi connectivity index (χ2v) is 10.1. The average molecular weight is 534 g/mol. The third-order valence-corrected chi connectivity index (χ3v) is 6.81. The summed E-state index contributed by atoms with van der Waals surface area (Å²) in [5.41, 5.74) is 2.43. The summed E-state index contributed by atoms with van der Waals surface area (Å²) in [5, 5.41) is 0.752. The molecule has 4 aromatic rings. The molecule has 0 saturated carbocycles. The van der Waals surface area contributed by atoms with Gasteiger partial charge in [-0.2, -0.15) is 0 Å². The number of amides is 1. The van der Waals surface area contributed by atoms with Gasteiger partial charge in [0.25, 0.3) is 5.91 Å². The first-order chi connectivity index (χ1) is 18.2. The van der Waals surface area contributed by atoms with Crippen LogP contribution in [-0.4, -0.2) is 26.7 Å². The highest BCUT2D eigenvalue weighted by atomic mass is 35.5. The van der Waals surface area contributed by atoms with Crippen molar-refractivity contribution in [2.45, 2.75) is 26.8 Å². The number of benzene rings is 3. The van der Waals surface area contributed by atoms with Crippen molar-refractivity contribution in [3.05, 3.63) is 92.3 Å². The number of hydrogen-bond donors (Lipinski definition) is 0. The Morgan fingerprint density at radius 2 is 1.68 bits per heavy atom. The molecule has 38 heavy (non-hydrogen) atoms. The van der Waals surface area contributed by atoms with Crippen molar-refractivity contribution in [1.29, 1.82) is 0 Å². The zero-order valence-electron chi connectivity index (χ0n) is 21.8. The van der Waals surface area contributed by atoms with Crippen LogP contribution in [0.2, 0.25) is 5.02 Å². The molecule has 0 fully saturated rings. The van der Waals surface area contributed by atoms with Crippen LogP contribution in [0.3, 0.4) is 0 Å². The van der Waals surface area contributed by atoms with Gasteiger partial charge in [-0.25, -0.2) is 0 Å². The maximum Gasteiger partial charge on any atom is 0.295 e. The quantitative estimate of drug-likeness (QED) is 0.268. The van der Waals surface area contributed by atoms with E-state index in [1.165, 1.54) is 12.0 Å². The zero-order valence-corrected chi connectivity index (χ0v) is 22.6. The average Bonchev–Trinajstić information content (AvgIpc) is 3.20. The third kappa shape index (κ3) is 4.37. The second kappa shape index (κ2) is 10.1. The predicted molar refractivity (Wildman–Crippen MR) is 147 cm³/mol. The van der Waals surface area contributed by atoms with Crippen molar-refractivity contribution in [1.82, 2.24) is 0 Å². The molecule has 8 heteroatoms. The van der Waals surface area contributed by atoms with Crippen LogP contribution in [0.1, 0.15) is 47.1 Å². The number of hydrogen-bond acceptors (Lipinski definition) is 6. The first-order valence-corrected chi connectivity index (χ1v) is 12.7. The largest absolute Gasteiger partial charge is 0.495 e. The van der Waals surface area contributed by atoms with Crippen LogP contribution in [0.5, 0.6) is 17.2 Å². The molecule has 0 spiro atoms. The maximum atomic E-state index is 13.9. The van der Waals surface area contributed by atoms with E-state index in [1.807, 2.05) is 19.1 Å². The monoisotopic (exact) mass is 533 g/mol. The lowest BCUT2D eigenvalue weighted by Gasteiger charge is -2.26. The summed E-state index contributed by atoms with van der Waals surface area (Å²) < 4.78 is 22.9. The van der Waals surface area contributed by atoms with Crippen molar-refractivity contribution in [2.24, 2.45) is 5.92 Å². The fourth-order valence-electron chi connectivity index (χ4n) is 4.70. The highest BCUT2D eigenvalue weighted by Crippen LogP contribution is 2.44. The van der Waals surface area contributed by atoms with Crippen LogP contribution in [0.15, 0.2) is 63.8 Å². The molecule has 1 aromatic heterocycles. The van der Waals surface area contributed by atoms with Gasteiger partial charge in [0.2, 0.25) is 5.76 Å². The Morgan fingerprint density at radius 1 is 0.947 bits per heavy atom. The molecule has 2 heterocycles. The molecule has 0 radical (unpaired) electrons. The Kier molecular flexibility index (Phi) is 6.80. The number of nitrogens with zero attached hydrogens (tertiary/aromatic N) is 1. The van der Waals surface area contributed by atoms with E-state index in [-0.39, 0.29) is 16.8 Å². The van der Waals surface area contributed by atoms with Gasteiger partial charge in [0, 0.05) is 5.69 Å². The molecule has 0 aliphatic carbocycles. The van der Waals surface area contributed by atoms with Gasteiger partial charge in [0.05, 0.1) is 42.8 Å². The van der Waals surface area contributed by atoms with Crippen molar-refractivity contribution >= 4 is 34.2 Å². The summed E-state index contributed by atoms with van der Waals surface area (Å²) in [6.07, 6.45) is 0. The lowest BCUT2D eigenvalue weighted by molar-refractivity contribution is 0.0971. The summed E-state index contributed by atoms with van der Waals surface area (Å²) in [4.78, 5) is 29.3. The molecular formula is C30H28ClNO6. The maximum absolute atomic E-state index is 13.9. The molecule has 1 amide bonds. The lowest BCUT2D eigenvalue weighted by atomic mass is 9.97. The molecule has 5 rings (SSSR count). The second-order valence-electron chi connectivity index (χ2n) is 9.69. The molecule has 1 aliphatic rings. The third-order valence-electron chi connectivity index (χ3n) is 6.51. The van der Waals surface area contributed by atoms with Gasteiger partial charge in [-0.05, 0) is 60.9 Å². The van der Waals surface area contributed by atoms with Crippen LogP contribution in [-0.2, 0) is 0 Å². The van der Waals surface area contributed by atoms with Gasteiger partial charge < -0.3 is 18.6 Å². The normalized spacial score (nSPS) is 14.8. The summed E-state index contributed by atoms with van der Waals surface area (Å²) in [5.74, 6) is 1.44. The summed E-state index contributed by atoms with van der Waals surface area (Å²) in [7, 11) is 3.08. The Hall–Kier alpha value is -3.97. The number of fused-ring (bicyclic) bond motifs is 2. The molecule has 7 nitrogen and oxygen atoms in total. The fourth-order valence-corrected chi connectivity index (χ4v) is 4.96. The van der Waals surface area contributed by atoms with E-state index < -0.39 is 11.9 Å². The van der Waals surface area contributed by atoms with E-state index >= 15 is 0 Å². The van der Waals surface area contributed by atoms with Gasteiger partial charge in [-0.1, -0.05) is 43.1 Å². The number of carbonyl (C=O) groups excluding carboxylic acids is 1. The molecule has 0 N–H and O–H groups in total. The minimum atomic E-state index is -0.781. The van der Waals surface area contributed by atoms with Crippen LogP contribution in [0.4, 0.5) is 5.69 Å². The molecule has 0 bridgehead atoms. The van der Waals surface area contributed by atoms with Gasteiger partial charge >= 0.3 is 0 Å². The number of carbonyl (C=O) groups is 1. The molecule has 1 atom stereocenters. The van der Waals surface area contributed by atoms with Crippen LogP contribution in [0.25, 0.3) is 11.0 Å². The van der Waals surface area contributed by atoms with Gasteiger partial charge in [-0.15, -0.1) is 0 Å². The number of halogens is 1. The Balaban J connectivity index is 1.73. The van der Waals surface area contributed by atoms with Crippen molar-refractivity contribution < 1.29 is 23.4 Å². The van der Waals surface area contributed by atoms with Crippen LogP contribution >= 0.6 is 11.6 Å². The predicted octanol–water partition coefficient (Wildman–Crippen LogP) is 6.56. The zero-order chi connectivity index (χ0) is 27.1. The first-order valence-electron chi connectivity index (χ1n) is 12.3. The van der Waals surface area contributed by atoms with E-state index in [4.69, 9.17) is 30.2 Å². The van der Waals surface area contributed by atoms with Crippen LogP contribution < -0.4 is 24.5 Å². The van der Waals surface area contributed by atoms with E-state index in [1.54, 1.807) is 49.6 Å². The van der Waals surface area contributed by atoms with E-state index in [0.717, 1.165) is 5.56 Å². The van der Waals surface area contributed by atoms with Gasteiger partial charge in [0.1, 0.15) is 11.3 Å². The summed E-state index contributed by atoms with van der Waals surface area (Å²) >= 11 is 6.44. The van der Waals surface area contributed by atoms with Crippen molar-refractivity contribution in [3.8, 4) is 17.2 Å². The molecule has 3 aromatic carbocycles. The Labute approximate surface area is 225 Å².